The Morgan fingerprint density at radius 1 is 1.29 bits per heavy atom. The number of fused-ring (bicyclic) bond motifs is 2. The number of ether oxygens (including phenoxy) is 1. The number of benzene rings is 1. The summed E-state index contributed by atoms with van der Waals surface area (Å²) in [6.45, 7) is 0. The number of rotatable bonds is 2. The first-order chi connectivity index (χ1) is 13.2. The minimum absolute atomic E-state index is 0.0429. The van der Waals surface area contributed by atoms with Gasteiger partial charge in [-0.2, -0.15) is 10.2 Å². The van der Waals surface area contributed by atoms with E-state index < -0.39 is 21.5 Å². The van der Waals surface area contributed by atoms with Crippen molar-refractivity contribution in [3.63, 3.8) is 0 Å². The molecular weight excluding hydrogens is 384 g/mol. The lowest BCUT2D eigenvalue weighted by Gasteiger charge is -2.31. The van der Waals surface area contributed by atoms with Gasteiger partial charge in [0.05, 0.1) is 16.8 Å². The Morgan fingerprint density at radius 2 is 2.04 bits per heavy atom. The van der Waals surface area contributed by atoms with Gasteiger partial charge in [-0.05, 0) is 12.1 Å². The van der Waals surface area contributed by atoms with Crippen molar-refractivity contribution in [1.82, 2.24) is 4.90 Å². The van der Waals surface area contributed by atoms with Crippen LogP contribution >= 0.6 is 0 Å². The predicted molar refractivity (Wildman–Crippen MR) is 98.2 cm³/mol. The number of carbonyl (C=O) groups excluding carboxylic acids is 2. The summed E-state index contributed by atoms with van der Waals surface area (Å²) >= 11 is 0. The van der Waals surface area contributed by atoms with E-state index in [0.29, 0.717) is 41.0 Å². The highest BCUT2D eigenvalue weighted by Crippen LogP contribution is 2.51. The van der Waals surface area contributed by atoms with Crippen LogP contribution in [0.5, 0.6) is 5.75 Å². The second kappa shape index (κ2) is 5.28. The van der Waals surface area contributed by atoms with Crippen molar-refractivity contribution in [2.75, 3.05) is 18.6 Å². The number of hydrogen-bond acceptors (Lipinski definition) is 7. The fourth-order valence-electron chi connectivity index (χ4n) is 3.58. The number of sulfone groups is 1. The van der Waals surface area contributed by atoms with Crippen LogP contribution in [-0.2, 0) is 19.4 Å². The molecule has 1 aliphatic carbocycles. The molecule has 1 saturated carbocycles. The zero-order valence-corrected chi connectivity index (χ0v) is 15.9. The van der Waals surface area contributed by atoms with Crippen molar-refractivity contribution in [1.29, 1.82) is 0 Å². The molecule has 1 fully saturated rings. The van der Waals surface area contributed by atoms with Gasteiger partial charge in [0.2, 0.25) is 0 Å². The van der Waals surface area contributed by atoms with Crippen molar-refractivity contribution >= 4 is 32.9 Å². The summed E-state index contributed by atoms with van der Waals surface area (Å²) < 4.78 is 30.5. The van der Waals surface area contributed by atoms with Gasteiger partial charge in [-0.25, -0.2) is 8.42 Å². The number of hydrogen-bond donors (Lipinski definition) is 1. The molecule has 1 N–H and O–H groups in total. The second-order valence-electron chi connectivity index (χ2n) is 7.38. The number of likely N-dealkylation sites (N-methyl/N-ethyl adjacent to an activating group) is 1. The fraction of sp³-hybridized carbons (Fsp3) is 0.333. The summed E-state index contributed by atoms with van der Waals surface area (Å²) in [4.78, 5) is 26.2. The molecule has 5 rings (SSSR count). The first-order valence-corrected chi connectivity index (χ1v) is 10.6. The van der Waals surface area contributed by atoms with Crippen molar-refractivity contribution in [3.05, 3.63) is 35.7 Å². The molecule has 1 aromatic carbocycles. The molecule has 1 atom stereocenters. The summed E-state index contributed by atoms with van der Waals surface area (Å²) in [5.41, 5.74) is 1.04. The number of azo groups is 1. The van der Waals surface area contributed by atoms with Gasteiger partial charge in [0.15, 0.2) is 27.2 Å². The molecule has 28 heavy (non-hydrogen) atoms. The highest BCUT2D eigenvalue weighted by Gasteiger charge is 2.56. The molecule has 3 heterocycles. The largest absolute Gasteiger partial charge is 0.475 e. The average Bonchev–Trinajstić information content (AvgIpc) is 3.23. The first kappa shape index (κ1) is 17.1. The Balaban J connectivity index is 1.75. The maximum absolute atomic E-state index is 12.4. The molecule has 10 heteroatoms. The molecule has 9 nitrogen and oxygen atoms in total. The van der Waals surface area contributed by atoms with E-state index in [2.05, 4.69) is 15.5 Å². The van der Waals surface area contributed by atoms with Crippen molar-refractivity contribution in [2.45, 2.75) is 29.4 Å². The predicted octanol–water partition coefficient (Wildman–Crippen LogP) is 1.48. The summed E-state index contributed by atoms with van der Waals surface area (Å²) in [6, 6.07) is 2.14. The second-order valence-corrected chi connectivity index (χ2v) is 9.40. The van der Waals surface area contributed by atoms with Crippen LogP contribution < -0.4 is 10.1 Å². The van der Waals surface area contributed by atoms with E-state index >= 15 is 0 Å². The zero-order chi connectivity index (χ0) is 19.8. The molecule has 1 unspecified atom stereocenters. The number of carbonyl (C=O) groups is 2. The van der Waals surface area contributed by atoms with Gasteiger partial charge in [-0.3, -0.25) is 9.59 Å². The average molecular weight is 400 g/mol. The van der Waals surface area contributed by atoms with E-state index in [9.17, 15) is 18.0 Å². The maximum Gasteiger partial charge on any atom is 0.268 e. The molecule has 4 aliphatic rings. The molecule has 1 spiro atoms. The van der Waals surface area contributed by atoms with Crippen LogP contribution in [0.15, 0.2) is 45.2 Å². The third-order valence-electron chi connectivity index (χ3n) is 5.33. The molecule has 0 radical (unpaired) electrons. The van der Waals surface area contributed by atoms with Crippen LogP contribution in [0.2, 0.25) is 0 Å². The van der Waals surface area contributed by atoms with Gasteiger partial charge < -0.3 is 15.0 Å². The van der Waals surface area contributed by atoms with Gasteiger partial charge in [-0.15, -0.1) is 0 Å². The third kappa shape index (κ3) is 2.34. The number of nitrogens with zero attached hydrogens (tertiary/aromatic N) is 3. The Morgan fingerprint density at radius 3 is 2.71 bits per heavy atom. The SMILES string of the molecule is CN1C=C(c2cc(S(C)(=O)=O)cc3c2OC2(CC2)C(=O)N3)C2=CN=NC2C1=O. The maximum atomic E-state index is 12.4. The highest BCUT2D eigenvalue weighted by molar-refractivity contribution is 7.90. The molecule has 1 aromatic rings. The summed E-state index contributed by atoms with van der Waals surface area (Å²) in [6.07, 6.45) is 5.40. The Bertz CT molecular complexity index is 1160. The van der Waals surface area contributed by atoms with Crippen LogP contribution in [0.4, 0.5) is 5.69 Å². The number of nitrogens with one attached hydrogen (secondary N) is 1. The highest BCUT2D eigenvalue weighted by atomic mass is 32.2. The minimum atomic E-state index is -3.56. The Hall–Kier alpha value is -3.01. The van der Waals surface area contributed by atoms with Gasteiger partial charge >= 0.3 is 0 Å². The van der Waals surface area contributed by atoms with Crippen molar-refractivity contribution < 1.29 is 22.7 Å². The topological polar surface area (TPSA) is 118 Å². The smallest absolute Gasteiger partial charge is 0.268 e. The van der Waals surface area contributed by atoms with E-state index in [1.807, 2.05) is 0 Å². The van der Waals surface area contributed by atoms with E-state index in [4.69, 9.17) is 4.74 Å². The van der Waals surface area contributed by atoms with Crippen LogP contribution in [-0.4, -0.2) is 50.1 Å². The van der Waals surface area contributed by atoms with Gasteiger partial charge in [0.1, 0.15) is 0 Å². The quantitative estimate of drug-likeness (QED) is 0.807. The first-order valence-electron chi connectivity index (χ1n) is 8.67. The molecule has 0 aromatic heterocycles. The molecule has 3 aliphatic heterocycles. The monoisotopic (exact) mass is 400 g/mol. The number of anilines is 1. The lowest BCUT2D eigenvalue weighted by atomic mass is 9.90. The lowest BCUT2D eigenvalue weighted by molar-refractivity contribution is -0.128. The van der Waals surface area contributed by atoms with Gasteiger partial charge in [0.25, 0.3) is 11.8 Å². The van der Waals surface area contributed by atoms with Gasteiger partial charge in [-0.1, -0.05) is 0 Å². The summed E-state index contributed by atoms with van der Waals surface area (Å²) in [5, 5.41) is 10.6. The van der Waals surface area contributed by atoms with E-state index in [1.165, 1.54) is 23.2 Å². The standard InChI is InChI=1S/C18H16N4O5S/c1-22-8-12(11-7-19-21-14(11)16(22)23)10-5-9(28(2,25)26)6-13-15(10)27-18(3-4-18)17(24)20-13/h5-8,14H,3-4H2,1-2H3,(H,20,24). The van der Waals surface area contributed by atoms with Gasteiger partial charge in [0, 0.05) is 49.1 Å². The van der Waals surface area contributed by atoms with E-state index in [1.54, 1.807) is 13.2 Å². The van der Waals surface area contributed by atoms with Crippen molar-refractivity contribution in [3.8, 4) is 5.75 Å². The van der Waals surface area contributed by atoms with Crippen molar-refractivity contribution in [2.24, 2.45) is 10.2 Å². The van der Waals surface area contributed by atoms with E-state index in [0.717, 1.165) is 6.26 Å². The normalized spacial score (nSPS) is 24.2. The van der Waals surface area contributed by atoms with Crippen LogP contribution in [0, 0.1) is 0 Å². The minimum Gasteiger partial charge on any atom is -0.475 e. The third-order valence-corrected chi connectivity index (χ3v) is 6.43. The Kier molecular flexibility index (Phi) is 3.23. The van der Waals surface area contributed by atoms with Crippen LogP contribution in [0.25, 0.3) is 5.57 Å². The zero-order valence-electron chi connectivity index (χ0n) is 15.1. The van der Waals surface area contributed by atoms with Crippen LogP contribution in [0.1, 0.15) is 18.4 Å². The summed E-state index contributed by atoms with van der Waals surface area (Å²) in [5.74, 6) is -0.105. The molecule has 0 saturated heterocycles. The molecular formula is C18H16N4O5S. The van der Waals surface area contributed by atoms with E-state index in [-0.39, 0.29) is 16.7 Å². The number of amides is 2. The summed E-state index contributed by atoms with van der Waals surface area (Å²) in [7, 11) is -1.95. The molecule has 0 bridgehead atoms. The lowest BCUT2D eigenvalue weighted by Crippen LogP contribution is -2.40. The fourth-order valence-corrected chi connectivity index (χ4v) is 4.25. The van der Waals surface area contributed by atoms with Crippen LogP contribution in [0.3, 0.4) is 0 Å². The molecule has 144 valence electrons. The Labute approximate surface area is 160 Å². The molecule has 2 amide bonds.